The first-order valence-electron chi connectivity index (χ1n) is 33.5. The molecule has 15 rings (SSSR count). The molecule has 0 atom stereocenters. The van der Waals surface area contributed by atoms with Crippen LogP contribution in [0.2, 0.25) is 0 Å². The Morgan fingerprint density at radius 1 is 0.211 bits per heavy atom. The van der Waals surface area contributed by atoms with Crippen LogP contribution in [0, 0.1) is 0 Å². The van der Waals surface area contributed by atoms with Gasteiger partial charge >= 0.3 is 0 Å². The van der Waals surface area contributed by atoms with Crippen molar-refractivity contribution in [2.24, 2.45) is 0 Å². The number of hydrogen-bond donors (Lipinski definition) is 1. The number of benzene rings is 4. The predicted octanol–water partition coefficient (Wildman–Crippen LogP) is 24.0. The van der Waals surface area contributed by atoms with Gasteiger partial charge in [-0.15, -0.1) is 0 Å². The van der Waals surface area contributed by atoms with Gasteiger partial charge in [0.2, 0.25) is 0 Å². The van der Waals surface area contributed by atoms with E-state index < -0.39 is 0 Å². The van der Waals surface area contributed by atoms with Crippen LogP contribution in [-0.4, -0.2) is 54.8 Å². The van der Waals surface area contributed by atoms with E-state index in [-0.39, 0.29) is 0 Å². The Bertz CT molecular complexity index is 3990. The van der Waals surface area contributed by atoms with Crippen LogP contribution in [0.25, 0.3) is 99.8 Å². The van der Waals surface area contributed by atoms with Gasteiger partial charge < -0.3 is 4.98 Å². The molecule has 15 aromatic rings. The first-order valence-corrected chi connectivity index (χ1v) is 33.5. The summed E-state index contributed by atoms with van der Waals surface area (Å²) in [6, 6.07) is 77.9. The van der Waals surface area contributed by atoms with Gasteiger partial charge in [-0.1, -0.05) is 238 Å². The molecule has 0 bridgehead atoms. The maximum atomic E-state index is 4.59. The van der Waals surface area contributed by atoms with E-state index >= 15 is 0 Å². The van der Waals surface area contributed by atoms with Crippen LogP contribution in [0.4, 0.5) is 0 Å². The Kier molecular flexibility index (Phi) is 43.5. The molecule has 0 amide bonds. The van der Waals surface area contributed by atoms with Crippen LogP contribution >= 0.6 is 0 Å². The highest BCUT2D eigenvalue weighted by Gasteiger charge is 2.06. The highest BCUT2D eigenvalue weighted by Crippen LogP contribution is 2.25. The third kappa shape index (κ3) is 27.4. The number of pyridine rings is 10. The van der Waals surface area contributed by atoms with Crippen LogP contribution in [-0.2, 0) is 0 Å². The number of nitrogens with one attached hydrogen (secondary N) is 1. The molecular weight excluding hydrogens is 1160 g/mol. The highest BCUT2D eigenvalue weighted by atomic mass is 14.8. The fourth-order valence-corrected chi connectivity index (χ4v) is 8.21. The molecule has 11 aromatic heterocycles. The van der Waals surface area contributed by atoms with E-state index in [1.54, 1.807) is 49.6 Å². The standard InChI is InChI=1S/C18H12N2.C15H11N3.C12H8N2.C10H8N2.C8H7N.C5H5N.8C2H6/c1-3-7-15-11-19-17(9-13(15)5-1)18-10-14-6-2-4-8-16(14)12-20-18;1-3-10-16-12(6-1)14-8-5-9-15(18-14)13-7-2-4-11-17-13;1-3-9-5-6-10-4-2-8-14-12(10)11(9)13-7-1;1-3-7-11-9(5-1)10-6-2-4-8-12-10;1-2-4-8-7(3-1)5-6-9-8;1-2-4-6-5-3-1;8*1-2/h1-12H;1-11H;1-8H;1-8H;1-6,9H;1-5H;8*1-2H3. The second kappa shape index (κ2) is 51.6. The van der Waals surface area contributed by atoms with E-state index in [9.17, 15) is 0 Å². The van der Waals surface area contributed by atoms with E-state index in [2.05, 4.69) is 134 Å². The summed E-state index contributed by atoms with van der Waals surface area (Å²) in [5.41, 5.74) is 10.3. The number of para-hydroxylation sites is 1. The highest BCUT2D eigenvalue weighted by molar-refractivity contribution is 6.02. The summed E-state index contributed by atoms with van der Waals surface area (Å²) in [5, 5.41) is 8.23. The minimum Gasteiger partial charge on any atom is -0.361 e. The maximum absolute atomic E-state index is 4.59. The van der Waals surface area contributed by atoms with Crippen molar-refractivity contribution in [3.63, 3.8) is 0 Å². The third-order valence-electron chi connectivity index (χ3n) is 12.1. The lowest BCUT2D eigenvalue weighted by Crippen LogP contribution is -1.90. The molecule has 0 fully saturated rings. The van der Waals surface area contributed by atoms with Gasteiger partial charge in [-0.2, -0.15) is 0 Å². The molecule has 0 saturated carbocycles. The zero-order chi connectivity index (χ0) is 69.5. The molecule has 0 saturated heterocycles. The van der Waals surface area contributed by atoms with Gasteiger partial charge in [-0.05, 0) is 125 Å². The minimum atomic E-state index is 0.860. The molecule has 11 nitrogen and oxygen atoms in total. The summed E-state index contributed by atoms with van der Waals surface area (Å²) >= 11 is 0. The average molecular weight is 1260 g/mol. The molecule has 0 unspecified atom stereocenters. The lowest BCUT2D eigenvalue weighted by Gasteiger charge is -2.04. The van der Waals surface area contributed by atoms with Crippen molar-refractivity contribution in [1.29, 1.82) is 0 Å². The first-order chi connectivity index (χ1) is 47.2. The smallest absolute Gasteiger partial charge is 0.0964 e. The summed E-state index contributed by atoms with van der Waals surface area (Å²) in [7, 11) is 0. The molecule has 11 heteroatoms. The Morgan fingerprint density at radius 3 is 0.874 bits per heavy atom. The van der Waals surface area contributed by atoms with Gasteiger partial charge in [-0.25, -0.2) is 4.98 Å². The van der Waals surface area contributed by atoms with Gasteiger partial charge in [0.15, 0.2) is 0 Å². The molecule has 1 N–H and O–H groups in total. The van der Waals surface area contributed by atoms with Gasteiger partial charge in [0.1, 0.15) is 0 Å². The fourth-order valence-electron chi connectivity index (χ4n) is 8.21. The summed E-state index contributed by atoms with van der Waals surface area (Å²) in [6.07, 6.45) is 19.9. The number of rotatable bonds is 4. The molecule has 0 spiro atoms. The van der Waals surface area contributed by atoms with Crippen molar-refractivity contribution in [3.05, 3.63) is 305 Å². The summed E-state index contributed by atoms with van der Waals surface area (Å²) < 4.78 is 0. The molecule has 95 heavy (non-hydrogen) atoms. The van der Waals surface area contributed by atoms with E-state index in [0.29, 0.717) is 0 Å². The lowest BCUT2D eigenvalue weighted by molar-refractivity contribution is 1.22. The minimum absolute atomic E-state index is 0.860. The van der Waals surface area contributed by atoms with E-state index in [0.717, 1.165) is 78.1 Å². The largest absolute Gasteiger partial charge is 0.361 e. The summed E-state index contributed by atoms with van der Waals surface area (Å²) in [5.74, 6) is 0. The molecule has 11 heterocycles. The molecule has 0 aliphatic rings. The predicted molar refractivity (Wildman–Crippen MR) is 411 cm³/mol. The zero-order valence-electron chi connectivity index (χ0n) is 58.8. The van der Waals surface area contributed by atoms with Crippen molar-refractivity contribution in [3.8, 4) is 45.6 Å². The topological polar surface area (TPSA) is 145 Å². The van der Waals surface area contributed by atoms with Crippen molar-refractivity contribution in [2.45, 2.75) is 111 Å². The number of fused-ring (bicyclic) bond motifs is 6. The van der Waals surface area contributed by atoms with Crippen molar-refractivity contribution in [2.75, 3.05) is 0 Å². The van der Waals surface area contributed by atoms with E-state index in [4.69, 9.17) is 0 Å². The molecule has 0 aliphatic carbocycles. The van der Waals surface area contributed by atoms with Crippen LogP contribution < -0.4 is 0 Å². The number of aromatic nitrogens is 11. The summed E-state index contributed by atoms with van der Waals surface area (Å²) in [6.45, 7) is 32.0. The molecule has 0 radical (unpaired) electrons. The first kappa shape index (κ1) is 80.1. The van der Waals surface area contributed by atoms with Gasteiger partial charge in [0.05, 0.1) is 56.6 Å². The van der Waals surface area contributed by atoms with Crippen molar-refractivity contribution in [1.82, 2.24) is 54.8 Å². The average Bonchev–Trinajstić information content (AvgIpc) is 1.39. The molecule has 4 aromatic carbocycles. The Morgan fingerprint density at radius 2 is 0.526 bits per heavy atom. The fraction of sp³-hybridized carbons (Fsp3) is 0.190. The van der Waals surface area contributed by atoms with E-state index in [1.807, 2.05) is 287 Å². The van der Waals surface area contributed by atoms with Crippen molar-refractivity contribution < 1.29 is 0 Å². The number of H-pyrrole nitrogens is 1. The van der Waals surface area contributed by atoms with Gasteiger partial charge in [0.25, 0.3) is 0 Å². The second-order valence-corrected chi connectivity index (χ2v) is 17.4. The summed E-state index contributed by atoms with van der Waals surface area (Å²) in [4.78, 5) is 46.2. The van der Waals surface area contributed by atoms with Crippen LogP contribution in [0.3, 0.4) is 0 Å². The normalized spacial score (nSPS) is 9.05. The van der Waals surface area contributed by atoms with Gasteiger partial charge in [0, 0.05) is 95.2 Å². The Hall–Kier alpha value is -11.0. The van der Waals surface area contributed by atoms with Crippen molar-refractivity contribution >= 4 is 54.3 Å². The molecule has 0 aliphatic heterocycles. The van der Waals surface area contributed by atoms with Gasteiger partial charge in [-0.3, -0.25) is 44.9 Å². The monoisotopic (exact) mass is 1260 g/mol. The zero-order valence-corrected chi connectivity index (χ0v) is 58.8. The van der Waals surface area contributed by atoms with Crippen LogP contribution in [0.5, 0.6) is 0 Å². The molecule has 490 valence electrons. The van der Waals surface area contributed by atoms with Crippen LogP contribution in [0.15, 0.2) is 305 Å². The second-order valence-electron chi connectivity index (χ2n) is 17.4. The Balaban J connectivity index is 0.000000381. The number of nitrogens with zero attached hydrogens (tertiary/aromatic N) is 10. The number of aromatic amines is 1. The van der Waals surface area contributed by atoms with Crippen LogP contribution in [0.1, 0.15) is 111 Å². The lowest BCUT2D eigenvalue weighted by atomic mass is 10.1. The number of hydrogen-bond acceptors (Lipinski definition) is 10. The molecular formula is C84H99N11. The Labute approximate surface area is 567 Å². The SMILES string of the molecule is CC.CC.CC.CC.CC.CC.CC.CC.c1ccc(-c2cccc(-c3ccccn3)n2)nc1.c1ccc(-c2ccccn2)nc1.c1ccc2[nH]ccc2c1.c1ccc2cc(-c3cc4ccccc4cn3)ncc2c1.c1ccncc1.c1cnc2c(c1)ccc1cccnc12. The third-order valence-corrected chi connectivity index (χ3v) is 12.1. The van der Waals surface area contributed by atoms with E-state index in [1.165, 1.54) is 21.7 Å². The maximum Gasteiger partial charge on any atom is 0.0964 e. The quantitative estimate of drug-likeness (QED) is 0.169.